The molecular formula is C17H14Cl2N2. The molecule has 0 saturated carbocycles. The Bertz CT molecular complexity index is 863. The highest BCUT2D eigenvalue weighted by atomic mass is 35.5. The van der Waals surface area contributed by atoms with E-state index in [1.165, 1.54) is 0 Å². The zero-order valence-electron chi connectivity index (χ0n) is 11.8. The monoisotopic (exact) mass is 316 g/mol. The Morgan fingerprint density at radius 2 is 1.90 bits per heavy atom. The van der Waals surface area contributed by atoms with E-state index in [1.54, 1.807) is 6.07 Å². The molecule has 0 fully saturated rings. The summed E-state index contributed by atoms with van der Waals surface area (Å²) in [7, 11) is 1.93. The van der Waals surface area contributed by atoms with Crippen LogP contribution in [0.1, 0.15) is 12.6 Å². The Morgan fingerprint density at radius 1 is 1.14 bits per heavy atom. The van der Waals surface area contributed by atoms with Crippen LogP contribution >= 0.6 is 23.2 Å². The average Bonchev–Trinajstić information content (AvgIpc) is 2.75. The lowest BCUT2D eigenvalue weighted by Gasteiger charge is -2.06. The van der Waals surface area contributed by atoms with Crippen LogP contribution < -0.4 is 0 Å². The van der Waals surface area contributed by atoms with Gasteiger partial charge in [-0.1, -0.05) is 54.0 Å². The van der Waals surface area contributed by atoms with Gasteiger partial charge in [-0.2, -0.15) is 5.10 Å². The Balaban J connectivity index is 2.34. The minimum Gasteiger partial charge on any atom is -0.267 e. The van der Waals surface area contributed by atoms with Gasteiger partial charge in [-0.15, -0.1) is 0 Å². The molecule has 4 heteroatoms. The molecule has 3 aromatic rings. The maximum atomic E-state index is 6.34. The SMILES string of the molecule is C=C(C)c1c2cccc(-c3ccc(Cl)cc3Cl)c2nn1C. The van der Waals surface area contributed by atoms with Crippen LogP contribution in [0, 0.1) is 0 Å². The number of fused-ring (bicyclic) bond motifs is 1. The molecule has 0 atom stereocenters. The van der Waals surface area contributed by atoms with Crippen molar-refractivity contribution in [3.8, 4) is 11.1 Å². The van der Waals surface area contributed by atoms with E-state index in [0.717, 1.165) is 33.3 Å². The second kappa shape index (κ2) is 5.21. The number of nitrogens with zero attached hydrogens (tertiary/aromatic N) is 2. The highest BCUT2D eigenvalue weighted by Gasteiger charge is 2.15. The number of aromatic nitrogens is 2. The second-order valence-electron chi connectivity index (χ2n) is 5.08. The largest absolute Gasteiger partial charge is 0.267 e. The molecule has 0 aliphatic carbocycles. The summed E-state index contributed by atoms with van der Waals surface area (Å²) in [5.41, 5.74) is 4.87. The zero-order chi connectivity index (χ0) is 15.1. The second-order valence-corrected chi connectivity index (χ2v) is 5.92. The van der Waals surface area contributed by atoms with E-state index in [-0.39, 0.29) is 0 Å². The topological polar surface area (TPSA) is 17.8 Å². The van der Waals surface area contributed by atoms with Crippen molar-refractivity contribution in [1.82, 2.24) is 9.78 Å². The van der Waals surface area contributed by atoms with E-state index in [4.69, 9.17) is 23.2 Å². The van der Waals surface area contributed by atoms with Crippen LogP contribution in [0.2, 0.25) is 10.0 Å². The van der Waals surface area contributed by atoms with Crippen molar-refractivity contribution in [2.24, 2.45) is 7.05 Å². The minimum absolute atomic E-state index is 0.623. The van der Waals surface area contributed by atoms with Gasteiger partial charge in [0.15, 0.2) is 0 Å². The first kappa shape index (κ1) is 14.2. The van der Waals surface area contributed by atoms with Crippen LogP contribution in [0.5, 0.6) is 0 Å². The number of allylic oxidation sites excluding steroid dienone is 1. The van der Waals surface area contributed by atoms with Gasteiger partial charge in [-0.05, 0) is 24.6 Å². The Kier molecular flexibility index (Phi) is 3.52. The highest BCUT2D eigenvalue weighted by molar-refractivity contribution is 6.36. The molecule has 21 heavy (non-hydrogen) atoms. The zero-order valence-corrected chi connectivity index (χ0v) is 13.3. The molecule has 1 aromatic heterocycles. The molecule has 0 spiro atoms. The van der Waals surface area contributed by atoms with Crippen molar-refractivity contribution in [1.29, 1.82) is 0 Å². The quantitative estimate of drug-likeness (QED) is 0.603. The summed E-state index contributed by atoms with van der Waals surface area (Å²) >= 11 is 12.3. The fourth-order valence-electron chi connectivity index (χ4n) is 2.65. The number of benzene rings is 2. The maximum Gasteiger partial charge on any atom is 0.101 e. The van der Waals surface area contributed by atoms with Gasteiger partial charge >= 0.3 is 0 Å². The predicted octanol–water partition coefficient (Wildman–Crippen LogP) is 5.58. The molecule has 0 N–H and O–H groups in total. The third kappa shape index (κ3) is 2.35. The number of aryl methyl sites for hydroxylation is 1. The van der Waals surface area contributed by atoms with Crippen molar-refractivity contribution in [2.45, 2.75) is 6.92 Å². The molecule has 0 bridgehead atoms. The van der Waals surface area contributed by atoms with Crippen molar-refractivity contribution in [2.75, 3.05) is 0 Å². The highest BCUT2D eigenvalue weighted by Crippen LogP contribution is 2.36. The van der Waals surface area contributed by atoms with Gasteiger partial charge < -0.3 is 0 Å². The molecule has 2 aromatic carbocycles. The first-order chi connectivity index (χ1) is 9.99. The van der Waals surface area contributed by atoms with Crippen LogP contribution in [0.4, 0.5) is 0 Å². The third-order valence-corrected chi connectivity index (χ3v) is 4.04. The van der Waals surface area contributed by atoms with Crippen molar-refractivity contribution >= 4 is 39.7 Å². The molecule has 0 aliphatic heterocycles. The van der Waals surface area contributed by atoms with Gasteiger partial charge in [0.1, 0.15) is 5.52 Å². The van der Waals surface area contributed by atoms with E-state index in [1.807, 2.05) is 42.9 Å². The molecule has 0 saturated heterocycles. The van der Waals surface area contributed by atoms with Crippen LogP contribution in [0.15, 0.2) is 43.0 Å². The van der Waals surface area contributed by atoms with Gasteiger partial charge in [0.2, 0.25) is 0 Å². The lowest BCUT2D eigenvalue weighted by Crippen LogP contribution is -1.94. The number of rotatable bonds is 2. The smallest absolute Gasteiger partial charge is 0.101 e. The fourth-order valence-corrected chi connectivity index (χ4v) is 3.16. The van der Waals surface area contributed by atoms with Gasteiger partial charge in [-0.3, -0.25) is 4.68 Å². The third-order valence-electron chi connectivity index (χ3n) is 3.49. The van der Waals surface area contributed by atoms with E-state index in [2.05, 4.69) is 17.7 Å². The van der Waals surface area contributed by atoms with Crippen molar-refractivity contribution in [3.05, 3.63) is 58.7 Å². The molecule has 3 rings (SSSR count). The lowest BCUT2D eigenvalue weighted by atomic mass is 10.0. The average molecular weight is 317 g/mol. The van der Waals surface area contributed by atoms with E-state index in [0.29, 0.717) is 10.0 Å². The van der Waals surface area contributed by atoms with E-state index < -0.39 is 0 Å². The number of hydrogen-bond donors (Lipinski definition) is 0. The first-order valence-electron chi connectivity index (χ1n) is 6.56. The normalized spacial score (nSPS) is 11.0. The standard InChI is InChI=1S/C17H14Cl2N2/c1-10(2)17-14-6-4-5-13(16(14)20-21(17)3)12-8-7-11(18)9-15(12)19/h4-9H,1H2,2-3H3. The van der Waals surface area contributed by atoms with Crippen LogP contribution in [0.3, 0.4) is 0 Å². The van der Waals surface area contributed by atoms with Crippen molar-refractivity contribution in [3.63, 3.8) is 0 Å². The summed E-state index contributed by atoms with van der Waals surface area (Å²) in [6.45, 7) is 6.02. The Morgan fingerprint density at radius 3 is 2.57 bits per heavy atom. The van der Waals surface area contributed by atoms with Gasteiger partial charge in [0.05, 0.1) is 5.69 Å². The van der Waals surface area contributed by atoms with Crippen LogP contribution in [0.25, 0.3) is 27.6 Å². The van der Waals surface area contributed by atoms with Crippen LogP contribution in [-0.4, -0.2) is 9.78 Å². The molecule has 0 amide bonds. The van der Waals surface area contributed by atoms with E-state index in [9.17, 15) is 0 Å². The van der Waals surface area contributed by atoms with Gasteiger partial charge in [0, 0.05) is 33.6 Å². The molecule has 0 radical (unpaired) electrons. The van der Waals surface area contributed by atoms with E-state index >= 15 is 0 Å². The first-order valence-corrected chi connectivity index (χ1v) is 7.31. The maximum absolute atomic E-state index is 6.34. The predicted molar refractivity (Wildman–Crippen MR) is 90.9 cm³/mol. The summed E-state index contributed by atoms with van der Waals surface area (Å²) in [6, 6.07) is 11.6. The Labute approximate surface area is 133 Å². The number of halogens is 2. The summed E-state index contributed by atoms with van der Waals surface area (Å²) < 4.78 is 1.86. The molecular weight excluding hydrogens is 303 g/mol. The Hall–Kier alpha value is -1.77. The molecule has 2 nitrogen and oxygen atoms in total. The molecule has 0 aliphatic rings. The lowest BCUT2D eigenvalue weighted by molar-refractivity contribution is 0.768. The molecule has 1 heterocycles. The van der Waals surface area contributed by atoms with Crippen molar-refractivity contribution < 1.29 is 0 Å². The minimum atomic E-state index is 0.623. The molecule has 106 valence electrons. The number of hydrogen-bond acceptors (Lipinski definition) is 1. The summed E-state index contributed by atoms with van der Waals surface area (Å²) in [5.74, 6) is 0. The summed E-state index contributed by atoms with van der Waals surface area (Å²) in [4.78, 5) is 0. The summed E-state index contributed by atoms with van der Waals surface area (Å²) in [5, 5.41) is 6.96. The van der Waals surface area contributed by atoms with Gasteiger partial charge in [-0.25, -0.2) is 0 Å². The summed E-state index contributed by atoms with van der Waals surface area (Å²) in [6.07, 6.45) is 0. The van der Waals surface area contributed by atoms with Gasteiger partial charge in [0.25, 0.3) is 0 Å². The fraction of sp³-hybridized carbons (Fsp3) is 0.118. The molecule has 0 unspecified atom stereocenters. The van der Waals surface area contributed by atoms with Crippen LogP contribution in [-0.2, 0) is 7.05 Å².